The first kappa shape index (κ1) is 31.3. The number of hydrogen-bond donors (Lipinski definition) is 1. The fourth-order valence-electron chi connectivity index (χ4n) is 7.34. The van der Waals surface area contributed by atoms with Crippen molar-refractivity contribution in [3.8, 4) is 0 Å². The second kappa shape index (κ2) is 10.8. The van der Waals surface area contributed by atoms with Gasteiger partial charge in [-0.25, -0.2) is 25.0 Å². The third kappa shape index (κ3) is 5.28. The number of hydrazine groups is 2. The molecule has 1 spiro atoms. The Morgan fingerprint density at radius 1 is 0.909 bits per heavy atom. The van der Waals surface area contributed by atoms with E-state index < -0.39 is 46.8 Å². The lowest BCUT2D eigenvalue weighted by molar-refractivity contribution is -0.141. The molecule has 0 unspecified atom stereocenters. The van der Waals surface area contributed by atoms with Crippen LogP contribution in [0.3, 0.4) is 0 Å². The summed E-state index contributed by atoms with van der Waals surface area (Å²) in [4.78, 5) is 56.8. The highest BCUT2D eigenvalue weighted by atomic mass is 16.6. The average molecular weight is 605 g/mol. The monoisotopic (exact) mass is 604 g/mol. The summed E-state index contributed by atoms with van der Waals surface area (Å²) in [6.45, 7) is 14.5. The Hall–Kier alpha value is -4.08. The SMILES string of the molecule is CC(C)(C)OC(=O)NN(C(=O)OC(C)(C)C)[C@@H](C(=O)N1[C@@H]2C[C@H]3CC[C@]2(C(=O)N1c1ccccc1)C3(C)C)c1ccccc1. The van der Waals surface area contributed by atoms with Crippen molar-refractivity contribution >= 4 is 29.7 Å². The number of carbonyl (C=O) groups excluding carboxylic acids is 4. The van der Waals surface area contributed by atoms with Crippen molar-refractivity contribution in [1.29, 1.82) is 0 Å². The maximum Gasteiger partial charge on any atom is 0.430 e. The molecule has 4 atom stereocenters. The number of nitrogens with zero attached hydrogens (tertiary/aromatic N) is 3. The summed E-state index contributed by atoms with van der Waals surface area (Å²) >= 11 is 0. The van der Waals surface area contributed by atoms with Crippen LogP contribution in [0.2, 0.25) is 0 Å². The number of rotatable bonds is 4. The predicted molar refractivity (Wildman–Crippen MR) is 165 cm³/mol. The fraction of sp³-hybridized carbons (Fsp3) is 0.529. The lowest BCUT2D eigenvalue weighted by Crippen LogP contribution is -2.58. The highest BCUT2D eigenvalue weighted by Crippen LogP contribution is 2.70. The molecule has 2 aromatic carbocycles. The van der Waals surface area contributed by atoms with E-state index in [-0.39, 0.29) is 17.2 Å². The zero-order valence-corrected chi connectivity index (χ0v) is 26.9. The van der Waals surface area contributed by atoms with Gasteiger partial charge in [0, 0.05) is 0 Å². The van der Waals surface area contributed by atoms with Gasteiger partial charge in [-0.1, -0.05) is 62.4 Å². The predicted octanol–water partition coefficient (Wildman–Crippen LogP) is 6.39. The van der Waals surface area contributed by atoms with Crippen LogP contribution in [-0.2, 0) is 19.1 Å². The summed E-state index contributed by atoms with van der Waals surface area (Å²) in [6, 6.07) is 16.0. The Kier molecular flexibility index (Phi) is 7.71. The smallest absolute Gasteiger partial charge is 0.430 e. The van der Waals surface area contributed by atoms with E-state index >= 15 is 4.79 Å². The number of benzene rings is 2. The van der Waals surface area contributed by atoms with Crippen molar-refractivity contribution in [2.24, 2.45) is 16.7 Å². The molecule has 1 saturated heterocycles. The third-order valence-corrected chi connectivity index (χ3v) is 9.25. The molecule has 2 bridgehead atoms. The van der Waals surface area contributed by atoms with Gasteiger partial charge in [-0.05, 0) is 89.8 Å². The Morgan fingerprint density at radius 3 is 2.02 bits per heavy atom. The Balaban J connectivity index is 1.65. The second-order valence-electron chi connectivity index (χ2n) is 14.6. The molecule has 10 nitrogen and oxygen atoms in total. The van der Waals surface area contributed by atoms with Gasteiger partial charge in [0.15, 0.2) is 6.04 Å². The van der Waals surface area contributed by atoms with Crippen molar-refractivity contribution in [3.63, 3.8) is 0 Å². The Bertz CT molecular complexity index is 1430. The maximum atomic E-state index is 15.2. The summed E-state index contributed by atoms with van der Waals surface area (Å²) in [5, 5.41) is 3.94. The van der Waals surface area contributed by atoms with Crippen molar-refractivity contribution in [2.75, 3.05) is 5.01 Å². The highest BCUT2D eigenvalue weighted by Gasteiger charge is 2.75. The second-order valence-corrected chi connectivity index (χ2v) is 14.6. The topological polar surface area (TPSA) is 108 Å². The number of fused-ring (bicyclic) bond motifs is 1. The molecule has 44 heavy (non-hydrogen) atoms. The van der Waals surface area contributed by atoms with Gasteiger partial charge in [-0.2, -0.15) is 5.01 Å². The number of nitrogens with one attached hydrogen (secondary N) is 1. The number of carbonyl (C=O) groups is 4. The van der Waals surface area contributed by atoms with E-state index in [2.05, 4.69) is 19.3 Å². The van der Waals surface area contributed by atoms with Crippen LogP contribution in [-0.4, -0.2) is 51.3 Å². The van der Waals surface area contributed by atoms with E-state index in [0.717, 1.165) is 11.4 Å². The molecule has 236 valence electrons. The number of hydrogen-bond acceptors (Lipinski definition) is 6. The molecule has 2 saturated carbocycles. The van der Waals surface area contributed by atoms with E-state index in [9.17, 15) is 14.4 Å². The summed E-state index contributed by atoms with van der Waals surface area (Å²) in [5.74, 6) is -0.398. The minimum atomic E-state index is -1.38. The lowest BCUT2D eigenvalue weighted by atomic mass is 9.67. The number of amides is 4. The molecule has 1 heterocycles. The molecule has 5 rings (SSSR count). The molecule has 1 aliphatic heterocycles. The summed E-state index contributed by atoms with van der Waals surface area (Å²) in [6.07, 6.45) is 0.369. The van der Waals surface area contributed by atoms with Gasteiger partial charge in [0.25, 0.3) is 11.8 Å². The van der Waals surface area contributed by atoms with E-state index in [1.165, 1.54) is 5.01 Å². The Labute approximate surface area is 259 Å². The Morgan fingerprint density at radius 2 is 1.48 bits per heavy atom. The van der Waals surface area contributed by atoms with Gasteiger partial charge in [-0.3, -0.25) is 9.59 Å². The molecule has 4 amide bonds. The van der Waals surface area contributed by atoms with Crippen molar-refractivity contribution in [1.82, 2.24) is 15.4 Å². The number of ether oxygens (including phenoxy) is 2. The minimum Gasteiger partial charge on any atom is -0.443 e. The maximum absolute atomic E-state index is 15.2. The normalized spacial score (nSPS) is 24.5. The summed E-state index contributed by atoms with van der Waals surface area (Å²) < 4.78 is 11.2. The first-order valence-electron chi connectivity index (χ1n) is 15.3. The molecular weight excluding hydrogens is 560 g/mol. The van der Waals surface area contributed by atoms with Crippen molar-refractivity contribution < 1.29 is 28.7 Å². The third-order valence-electron chi connectivity index (χ3n) is 9.25. The first-order chi connectivity index (χ1) is 20.5. The molecule has 0 radical (unpaired) electrons. The van der Waals surface area contributed by atoms with E-state index in [4.69, 9.17) is 9.47 Å². The van der Waals surface area contributed by atoms with Crippen LogP contribution >= 0.6 is 0 Å². The van der Waals surface area contributed by atoms with E-state index in [1.807, 2.05) is 18.2 Å². The molecule has 1 N–H and O–H groups in total. The standard InChI is InChI=1S/C34H44N4O6/c1-31(2,3)43-29(41)35-36(30(42)44-32(4,5)6)26(22-15-11-9-12-16-22)27(39)38-25-21-23-19-20-34(25,33(23,7)8)28(40)37(38)24-17-13-10-14-18-24/h9-18,23,25-26H,19-21H2,1-8H3,(H,35,41)/t23-,25-,26-,34+/m1/s1. The van der Waals surface area contributed by atoms with Crippen LogP contribution in [0, 0.1) is 16.7 Å². The van der Waals surface area contributed by atoms with Gasteiger partial charge in [-0.15, -0.1) is 0 Å². The van der Waals surface area contributed by atoms with Crippen LogP contribution in [0.4, 0.5) is 15.3 Å². The molecule has 2 aromatic rings. The first-order valence-corrected chi connectivity index (χ1v) is 15.3. The molecular formula is C34H44N4O6. The molecule has 0 aromatic heterocycles. The largest absolute Gasteiger partial charge is 0.443 e. The number of para-hydroxylation sites is 1. The fourth-order valence-corrected chi connectivity index (χ4v) is 7.34. The van der Waals surface area contributed by atoms with Crippen LogP contribution < -0.4 is 10.4 Å². The average Bonchev–Trinajstić information content (AvgIpc) is 3.44. The van der Waals surface area contributed by atoms with Crippen molar-refractivity contribution in [3.05, 3.63) is 66.2 Å². The van der Waals surface area contributed by atoms with Gasteiger partial charge in [0.2, 0.25) is 0 Å². The van der Waals surface area contributed by atoms with Crippen LogP contribution in [0.1, 0.15) is 86.3 Å². The zero-order chi connectivity index (χ0) is 32.2. The summed E-state index contributed by atoms with van der Waals surface area (Å²) in [7, 11) is 0. The van der Waals surface area contributed by atoms with Gasteiger partial charge in [0.05, 0.1) is 17.1 Å². The van der Waals surface area contributed by atoms with Gasteiger partial charge < -0.3 is 9.47 Å². The van der Waals surface area contributed by atoms with Crippen LogP contribution in [0.25, 0.3) is 0 Å². The van der Waals surface area contributed by atoms with E-state index in [0.29, 0.717) is 24.1 Å². The molecule has 3 fully saturated rings. The molecule has 2 aliphatic carbocycles. The highest BCUT2D eigenvalue weighted by molar-refractivity contribution is 6.06. The zero-order valence-electron chi connectivity index (χ0n) is 26.9. The van der Waals surface area contributed by atoms with Crippen LogP contribution in [0.5, 0.6) is 0 Å². The number of anilines is 1. The van der Waals surface area contributed by atoms with Gasteiger partial charge >= 0.3 is 12.2 Å². The van der Waals surface area contributed by atoms with E-state index in [1.54, 1.807) is 89.0 Å². The van der Waals surface area contributed by atoms with Gasteiger partial charge in [0.1, 0.15) is 11.2 Å². The lowest BCUT2D eigenvalue weighted by Gasteiger charge is -2.39. The molecule has 10 heteroatoms. The quantitative estimate of drug-likeness (QED) is 0.405. The van der Waals surface area contributed by atoms with Crippen molar-refractivity contribution in [2.45, 2.75) is 97.9 Å². The molecule has 3 aliphatic rings. The minimum absolute atomic E-state index is 0.122. The van der Waals surface area contributed by atoms with Crippen LogP contribution in [0.15, 0.2) is 60.7 Å². The summed E-state index contributed by atoms with van der Waals surface area (Å²) in [5.41, 5.74) is 0.591.